The van der Waals surface area contributed by atoms with Crippen molar-refractivity contribution in [2.24, 2.45) is 0 Å². The van der Waals surface area contributed by atoms with Crippen LogP contribution < -0.4 is 15.8 Å². The van der Waals surface area contributed by atoms with Crippen molar-refractivity contribution in [3.63, 3.8) is 0 Å². The summed E-state index contributed by atoms with van der Waals surface area (Å²) in [6.07, 6.45) is -2.60. The number of alkyl halides is 3. The number of nitrogen functional groups attached to an aromatic ring is 1. The molecule has 0 spiro atoms. The molecule has 0 saturated carbocycles. The molecular formula is C28H30F4N4O3. The Hall–Kier alpha value is -3.70. The Kier molecular flexibility index (Phi) is 9.36. The fourth-order valence-corrected chi connectivity index (χ4v) is 4.34. The number of anilines is 1. The van der Waals surface area contributed by atoms with Crippen LogP contribution in [0, 0.1) is 5.82 Å². The van der Waals surface area contributed by atoms with E-state index in [1.165, 1.54) is 18.3 Å². The van der Waals surface area contributed by atoms with Gasteiger partial charge in [-0.1, -0.05) is 24.3 Å². The summed E-state index contributed by atoms with van der Waals surface area (Å²) in [7, 11) is 0. The molecule has 1 saturated heterocycles. The van der Waals surface area contributed by atoms with E-state index >= 15 is 0 Å². The van der Waals surface area contributed by atoms with Gasteiger partial charge in [-0.25, -0.2) is 9.37 Å². The van der Waals surface area contributed by atoms with Crippen molar-refractivity contribution >= 4 is 11.7 Å². The summed E-state index contributed by atoms with van der Waals surface area (Å²) < 4.78 is 64.5. The van der Waals surface area contributed by atoms with Crippen molar-refractivity contribution in [2.45, 2.75) is 19.0 Å². The maximum Gasteiger partial charge on any atom is 0.419 e. The molecule has 7 nitrogen and oxygen atoms in total. The van der Waals surface area contributed by atoms with E-state index in [-0.39, 0.29) is 36.1 Å². The minimum absolute atomic E-state index is 0.0714. The van der Waals surface area contributed by atoms with Crippen molar-refractivity contribution in [3.8, 4) is 16.9 Å². The van der Waals surface area contributed by atoms with Crippen LogP contribution in [0.3, 0.4) is 0 Å². The molecular weight excluding hydrogens is 516 g/mol. The number of amides is 1. The second-order valence-electron chi connectivity index (χ2n) is 9.12. The van der Waals surface area contributed by atoms with Gasteiger partial charge in [0.1, 0.15) is 5.82 Å². The highest BCUT2D eigenvalue weighted by atomic mass is 19.4. The van der Waals surface area contributed by atoms with Crippen LogP contribution in [0.1, 0.15) is 27.9 Å². The zero-order valence-corrected chi connectivity index (χ0v) is 21.3. The molecule has 1 fully saturated rings. The molecule has 2 aromatic carbocycles. The summed E-state index contributed by atoms with van der Waals surface area (Å²) >= 11 is 0. The zero-order valence-electron chi connectivity index (χ0n) is 21.3. The number of carbonyl (C=O) groups is 1. The molecule has 1 aliphatic rings. The third-order valence-corrected chi connectivity index (χ3v) is 6.41. The number of pyridine rings is 1. The minimum Gasteiger partial charge on any atom is -0.489 e. The van der Waals surface area contributed by atoms with Crippen LogP contribution in [-0.4, -0.2) is 61.8 Å². The lowest BCUT2D eigenvalue weighted by molar-refractivity contribution is -0.140. The summed E-state index contributed by atoms with van der Waals surface area (Å²) in [5.41, 5.74) is 6.31. The number of nitrogens with two attached hydrogens (primary N) is 1. The van der Waals surface area contributed by atoms with Gasteiger partial charge in [0.2, 0.25) is 0 Å². The number of nitrogens with one attached hydrogen (secondary N) is 1. The topological polar surface area (TPSA) is 89.7 Å². The molecule has 2 heterocycles. The van der Waals surface area contributed by atoms with Crippen molar-refractivity contribution in [1.29, 1.82) is 0 Å². The zero-order chi connectivity index (χ0) is 27.8. The van der Waals surface area contributed by atoms with Gasteiger partial charge >= 0.3 is 6.18 Å². The first kappa shape index (κ1) is 28.3. The van der Waals surface area contributed by atoms with Crippen LogP contribution in [-0.2, 0) is 17.3 Å². The van der Waals surface area contributed by atoms with Gasteiger partial charge in [0.15, 0.2) is 11.6 Å². The molecule has 0 bridgehead atoms. The van der Waals surface area contributed by atoms with Crippen molar-refractivity contribution < 1.29 is 31.8 Å². The highest BCUT2D eigenvalue weighted by Gasteiger charge is 2.36. The summed E-state index contributed by atoms with van der Waals surface area (Å²) in [6.45, 7) is 4.62. The summed E-state index contributed by atoms with van der Waals surface area (Å²) in [6, 6.07) is 11.8. The number of ether oxygens (including phenoxy) is 2. The van der Waals surface area contributed by atoms with Crippen molar-refractivity contribution in [3.05, 3.63) is 77.2 Å². The highest BCUT2D eigenvalue weighted by Crippen LogP contribution is 2.34. The third kappa shape index (κ3) is 7.67. The van der Waals surface area contributed by atoms with E-state index in [1.807, 2.05) is 0 Å². The Morgan fingerprint density at radius 1 is 1.10 bits per heavy atom. The third-order valence-electron chi connectivity index (χ3n) is 6.41. The van der Waals surface area contributed by atoms with Gasteiger partial charge < -0.3 is 20.5 Å². The molecule has 11 heteroatoms. The van der Waals surface area contributed by atoms with Gasteiger partial charge in [0, 0.05) is 43.4 Å². The number of rotatable bonds is 10. The lowest BCUT2D eigenvalue weighted by Gasteiger charge is -2.26. The average molecular weight is 547 g/mol. The van der Waals surface area contributed by atoms with Gasteiger partial charge in [0.05, 0.1) is 25.4 Å². The predicted molar refractivity (Wildman–Crippen MR) is 139 cm³/mol. The number of hydrogen-bond acceptors (Lipinski definition) is 6. The van der Waals surface area contributed by atoms with Crippen molar-refractivity contribution in [1.82, 2.24) is 15.2 Å². The molecule has 0 atom stereocenters. The largest absolute Gasteiger partial charge is 0.489 e. The normalized spacial score (nSPS) is 14.3. The maximum atomic E-state index is 13.8. The Morgan fingerprint density at radius 3 is 2.56 bits per heavy atom. The molecule has 3 aromatic rings. The number of hydrogen-bond donors (Lipinski definition) is 2. The number of benzene rings is 2. The molecule has 1 amide bonds. The van der Waals surface area contributed by atoms with Crippen LogP contribution in [0.5, 0.6) is 5.75 Å². The number of aromatic nitrogens is 1. The summed E-state index contributed by atoms with van der Waals surface area (Å²) in [5.74, 6) is -1.23. The Labute approximate surface area is 223 Å². The fourth-order valence-electron chi connectivity index (χ4n) is 4.34. The maximum absolute atomic E-state index is 13.8. The SMILES string of the molecule is Nc1ncc(-c2ccc(C(=O)NCCCN3CCOCC3)cc2)cc1OCCc1cccc(F)c1C(F)(F)F. The Balaban J connectivity index is 1.32. The molecule has 1 aromatic heterocycles. The molecule has 0 aliphatic carbocycles. The Morgan fingerprint density at radius 2 is 1.85 bits per heavy atom. The van der Waals surface area contributed by atoms with Gasteiger partial charge in [-0.2, -0.15) is 13.2 Å². The van der Waals surface area contributed by atoms with Gasteiger partial charge in [0.25, 0.3) is 5.91 Å². The standard InChI is InChI=1S/C28H30F4N4O3/c29-23-4-1-3-20(25(23)28(30,31)32)9-14-39-24-17-22(18-35-26(24)33)19-5-7-21(8-6-19)27(37)34-10-2-11-36-12-15-38-16-13-36/h1,3-8,17-18H,2,9-16H2,(H2,33,35)(H,34,37). The van der Waals surface area contributed by atoms with E-state index in [1.54, 1.807) is 30.3 Å². The monoisotopic (exact) mass is 546 g/mol. The molecule has 208 valence electrons. The molecule has 0 unspecified atom stereocenters. The molecule has 4 rings (SSSR count). The molecule has 39 heavy (non-hydrogen) atoms. The first-order valence-corrected chi connectivity index (χ1v) is 12.6. The number of halogens is 4. The second kappa shape index (κ2) is 12.9. The van der Waals surface area contributed by atoms with Crippen LogP contribution in [0.25, 0.3) is 11.1 Å². The van der Waals surface area contributed by atoms with E-state index < -0.39 is 17.6 Å². The smallest absolute Gasteiger partial charge is 0.419 e. The number of nitrogens with zero attached hydrogens (tertiary/aromatic N) is 2. The van der Waals surface area contributed by atoms with E-state index in [9.17, 15) is 22.4 Å². The predicted octanol–water partition coefficient (Wildman–Crippen LogP) is 4.56. The van der Waals surface area contributed by atoms with E-state index in [0.29, 0.717) is 17.7 Å². The van der Waals surface area contributed by atoms with Gasteiger partial charge in [-0.3, -0.25) is 9.69 Å². The van der Waals surface area contributed by atoms with Crippen molar-refractivity contribution in [2.75, 3.05) is 51.7 Å². The van der Waals surface area contributed by atoms with E-state index in [2.05, 4.69) is 15.2 Å². The molecule has 0 radical (unpaired) electrons. The van der Waals surface area contributed by atoms with Gasteiger partial charge in [-0.15, -0.1) is 0 Å². The van der Waals surface area contributed by atoms with Gasteiger partial charge in [-0.05, 0) is 48.4 Å². The Bertz CT molecular complexity index is 1260. The van der Waals surface area contributed by atoms with E-state index in [0.717, 1.165) is 50.9 Å². The first-order chi connectivity index (χ1) is 18.7. The minimum atomic E-state index is -4.81. The number of morpholine rings is 1. The summed E-state index contributed by atoms with van der Waals surface area (Å²) in [5, 5.41) is 2.93. The van der Waals surface area contributed by atoms with Crippen LogP contribution >= 0.6 is 0 Å². The fraction of sp³-hybridized carbons (Fsp3) is 0.357. The molecule has 1 aliphatic heterocycles. The summed E-state index contributed by atoms with van der Waals surface area (Å²) in [4.78, 5) is 18.9. The average Bonchev–Trinajstić information content (AvgIpc) is 2.92. The number of carbonyl (C=O) groups excluding carboxylic acids is 1. The van der Waals surface area contributed by atoms with E-state index in [4.69, 9.17) is 15.2 Å². The highest BCUT2D eigenvalue weighted by molar-refractivity contribution is 5.94. The quantitative estimate of drug-likeness (QED) is 0.286. The lowest BCUT2D eigenvalue weighted by Crippen LogP contribution is -2.38. The molecule has 3 N–H and O–H groups in total. The van der Waals surface area contributed by atoms with Crippen LogP contribution in [0.4, 0.5) is 23.4 Å². The second-order valence-corrected chi connectivity index (χ2v) is 9.12. The lowest BCUT2D eigenvalue weighted by atomic mass is 10.0. The first-order valence-electron chi connectivity index (χ1n) is 12.6. The van der Waals surface area contributed by atoms with Crippen LogP contribution in [0.2, 0.25) is 0 Å². The van der Waals surface area contributed by atoms with Crippen LogP contribution in [0.15, 0.2) is 54.7 Å².